The molecule has 108 valence electrons. The maximum absolute atomic E-state index is 11.5. The number of hydrogen-bond acceptors (Lipinski definition) is 5. The van der Waals surface area contributed by atoms with E-state index in [1.165, 1.54) is 0 Å². The maximum Gasteiger partial charge on any atom is 0.234 e. The van der Waals surface area contributed by atoms with Crippen molar-refractivity contribution >= 4 is 5.91 Å². The zero-order chi connectivity index (χ0) is 14.2. The molecule has 2 unspecified atom stereocenters. The predicted molar refractivity (Wildman–Crippen MR) is 71.5 cm³/mol. The van der Waals surface area contributed by atoms with Gasteiger partial charge in [-0.2, -0.15) is 0 Å². The summed E-state index contributed by atoms with van der Waals surface area (Å²) in [5.41, 5.74) is -0.845. The van der Waals surface area contributed by atoms with Crippen LogP contribution in [0, 0.1) is 0 Å². The molecule has 1 amide bonds. The van der Waals surface area contributed by atoms with Crippen molar-refractivity contribution in [3.05, 3.63) is 0 Å². The first kappa shape index (κ1) is 17.3. The van der Waals surface area contributed by atoms with Gasteiger partial charge in [-0.1, -0.05) is 0 Å². The third kappa shape index (κ3) is 9.35. The van der Waals surface area contributed by atoms with Crippen LogP contribution in [-0.4, -0.2) is 75.0 Å². The molecule has 0 saturated carbocycles. The molecule has 0 heterocycles. The Labute approximate surface area is 110 Å². The van der Waals surface area contributed by atoms with Crippen molar-refractivity contribution in [2.75, 3.05) is 47.4 Å². The third-order valence-corrected chi connectivity index (χ3v) is 2.27. The highest BCUT2D eigenvalue weighted by Gasteiger charge is 2.21. The number of methoxy groups -OCH3 is 1. The van der Waals surface area contributed by atoms with Gasteiger partial charge in [-0.3, -0.25) is 4.79 Å². The molecule has 3 N–H and O–H groups in total. The molecule has 0 aliphatic rings. The molecule has 18 heavy (non-hydrogen) atoms. The highest BCUT2D eigenvalue weighted by Crippen LogP contribution is 2.01. The van der Waals surface area contributed by atoms with Gasteiger partial charge in [0.05, 0.1) is 18.8 Å². The number of carbonyl (C=O) groups excluding carboxylic acids is 1. The van der Waals surface area contributed by atoms with Crippen LogP contribution in [0.5, 0.6) is 0 Å². The van der Waals surface area contributed by atoms with Crippen molar-refractivity contribution in [1.82, 2.24) is 15.5 Å². The van der Waals surface area contributed by atoms with Gasteiger partial charge in [0.15, 0.2) is 0 Å². The van der Waals surface area contributed by atoms with E-state index in [-0.39, 0.29) is 18.5 Å². The molecule has 0 aromatic heterocycles. The van der Waals surface area contributed by atoms with Gasteiger partial charge < -0.3 is 25.4 Å². The second-order valence-electron chi connectivity index (χ2n) is 5.26. The molecule has 0 aromatic carbocycles. The van der Waals surface area contributed by atoms with Crippen LogP contribution in [0.4, 0.5) is 0 Å². The van der Waals surface area contributed by atoms with E-state index >= 15 is 0 Å². The Morgan fingerprint density at radius 3 is 2.61 bits per heavy atom. The van der Waals surface area contributed by atoms with Gasteiger partial charge in [0.2, 0.25) is 5.91 Å². The third-order valence-electron chi connectivity index (χ3n) is 2.27. The van der Waals surface area contributed by atoms with E-state index in [0.717, 1.165) is 0 Å². The largest absolute Gasteiger partial charge is 0.388 e. The Bertz CT molecular complexity index is 245. The Kier molecular flexibility index (Phi) is 8.10. The van der Waals surface area contributed by atoms with Crippen molar-refractivity contribution < 1.29 is 14.6 Å². The Balaban J connectivity index is 3.80. The number of amides is 1. The zero-order valence-corrected chi connectivity index (χ0v) is 12.1. The van der Waals surface area contributed by atoms with Crippen molar-refractivity contribution in [2.45, 2.75) is 25.5 Å². The van der Waals surface area contributed by atoms with Crippen LogP contribution in [0.3, 0.4) is 0 Å². The second kappa shape index (κ2) is 8.42. The molecule has 0 aliphatic carbocycles. The van der Waals surface area contributed by atoms with Gasteiger partial charge in [0, 0.05) is 26.2 Å². The molecular formula is C12H27N3O3. The quantitative estimate of drug-likeness (QED) is 0.498. The Hall–Kier alpha value is -0.690. The first-order chi connectivity index (χ1) is 8.26. The van der Waals surface area contributed by atoms with E-state index in [1.54, 1.807) is 14.0 Å². The molecule has 0 fully saturated rings. The SMILES string of the molecule is COCC(C)NC(=O)CNCC(C)(O)CN(C)C. The predicted octanol–water partition coefficient (Wildman–Crippen LogP) is -0.960. The van der Waals surface area contributed by atoms with Crippen LogP contribution in [0.15, 0.2) is 0 Å². The lowest BCUT2D eigenvalue weighted by atomic mass is 10.1. The van der Waals surface area contributed by atoms with Gasteiger partial charge >= 0.3 is 0 Å². The van der Waals surface area contributed by atoms with Gasteiger partial charge in [-0.05, 0) is 27.9 Å². The van der Waals surface area contributed by atoms with E-state index < -0.39 is 5.60 Å². The monoisotopic (exact) mass is 261 g/mol. The summed E-state index contributed by atoms with van der Waals surface area (Å²) in [7, 11) is 5.39. The molecule has 0 aliphatic heterocycles. The van der Waals surface area contributed by atoms with E-state index in [9.17, 15) is 9.90 Å². The molecule has 6 nitrogen and oxygen atoms in total. The summed E-state index contributed by atoms with van der Waals surface area (Å²) in [4.78, 5) is 13.4. The highest BCUT2D eigenvalue weighted by atomic mass is 16.5. The first-order valence-corrected chi connectivity index (χ1v) is 6.13. The topological polar surface area (TPSA) is 73.8 Å². The molecule has 6 heteroatoms. The minimum absolute atomic E-state index is 0.00779. The zero-order valence-electron chi connectivity index (χ0n) is 12.1. The average molecular weight is 261 g/mol. The molecule has 2 atom stereocenters. The lowest BCUT2D eigenvalue weighted by Gasteiger charge is -2.27. The molecule has 0 radical (unpaired) electrons. The summed E-state index contributed by atoms with van der Waals surface area (Å²) >= 11 is 0. The average Bonchev–Trinajstić information content (AvgIpc) is 2.14. The van der Waals surface area contributed by atoms with Crippen LogP contribution in [-0.2, 0) is 9.53 Å². The smallest absolute Gasteiger partial charge is 0.234 e. The van der Waals surface area contributed by atoms with Gasteiger partial charge in [0.25, 0.3) is 0 Å². The van der Waals surface area contributed by atoms with Gasteiger partial charge in [0.1, 0.15) is 0 Å². The summed E-state index contributed by atoms with van der Waals surface area (Å²) in [5, 5.41) is 15.7. The van der Waals surface area contributed by atoms with E-state index in [1.807, 2.05) is 25.9 Å². The summed E-state index contributed by atoms with van der Waals surface area (Å²) in [6, 6.07) is -0.00779. The minimum atomic E-state index is -0.845. The normalized spacial score (nSPS) is 16.4. The van der Waals surface area contributed by atoms with Crippen molar-refractivity contribution in [1.29, 1.82) is 0 Å². The summed E-state index contributed by atoms with van der Waals surface area (Å²) in [6.45, 7) is 5.22. The summed E-state index contributed by atoms with van der Waals surface area (Å²) in [5.74, 6) is -0.0970. The minimum Gasteiger partial charge on any atom is -0.388 e. The Morgan fingerprint density at radius 1 is 1.50 bits per heavy atom. The van der Waals surface area contributed by atoms with Crippen LogP contribution in [0.1, 0.15) is 13.8 Å². The van der Waals surface area contributed by atoms with Crippen LogP contribution in [0.25, 0.3) is 0 Å². The molecular weight excluding hydrogens is 234 g/mol. The number of aliphatic hydroxyl groups is 1. The highest BCUT2D eigenvalue weighted by molar-refractivity contribution is 5.78. The maximum atomic E-state index is 11.5. The number of nitrogens with zero attached hydrogens (tertiary/aromatic N) is 1. The van der Waals surface area contributed by atoms with Crippen molar-refractivity contribution in [3.8, 4) is 0 Å². The number of rotatable bonds is 9. The van der Waals surface area contributed by atoms with Gasteiger partial charge in [-0.25, -0.2) is 0 Å². The summed E-state index contributed by atoms with van der Waals surface area (Å²) < 4.78 is 4.93. The van der Waals surface area contributed by atoms with Crippen molar-refractivity contribution in [3.63, 3.8) is 0 Å². The number of ether oxygens (including phenoxy) is 1. The number of hydrogen-bond donors (Lipinski definition) is 3. The number of carbonyl (C=O) groups is 1. The molecule has 0 spiro atoms. The van der Waals surface area contributed by atoms with E-state index in [2.05, 4.69) is 10.6 Å². The fraction of sp³-hybridized carbons (Fsp3) is 0.917. The number of likely N-dealkylation sites (N-methyl/N-ethyl adjacent to an activating group) is 1. The van der Waals surface area contributed by atoms with Crippen LogP contribution >= 0.6 is 0 Å². The van der Waals surface area contributed by atoms with Crippen LogP contribution in [0.2, 0.25) is 0 Å². The molecule has 0 saturated heterocycles. The van der Waals surface area contributed by atoms with Crippen molar-refractivity contribution in [2.24, 2.45) is 0 Å². The molecule has 0 rings (SSSR count). The van der Waals surface area contributed by atoms with E-state index in [4.69, 9.17) is 4.74 Å². The second-order valence-corrected chi connectivity index (χ2v) is 5.26. The van der Waals surface area contributed by atoms with Crippen LogP contribution < -0.4 is 10.6 Å². The number of nitrogens with one attached hydrogen (secondary N) is 2. The van der Waals surface area contributed by atoms with E-state index in [0.29, 0.717) is 19.7 Å². The summed E-state index contributed by atoms with van der Waals surface area (Å²) in [6.07, 6.45) is 0. The molecule has 0 bridgehead atoms. The van der Waals surface area contributed by atoms with Gasteiger partial charge in [-0.15, -0.1) is 0 Å². The lowest BCUT2D eigenvalue weighted by molar-refractivity contribution is -0.121. The Morgan fingerprint density at radius 2 is 2.11 bits per heavy atom. The lowest BCUT2D eigenvalue weighted by Crippen LogP contribution is -2.48. The standard InChI is InChI=1S/C12H27N3O3/c1-10(7-18-5)14-11(16)6-13-8-12(2,17)9-15(3)4/h10,13,17H,6-9H2,1-5H3,(H,14,16). The first-order valence-electron chi connectivity index (χ1n) is 6.13. The fourth-order valence-electron chi connectivity index (χ4n) is 1.80. The molecule has 0 aromatic rings. The fourth-order valence-corrected chi connectivity index (χ4v) is 1.80.